The first-order valence-electron chi connectivity index (χ1n) is 7.31. The number of urea groups is 1. The van der Waals surface area contributed by atoms with Gasteiger partial charge in [-0.2, -0.15) is 0 Å². The summed E-state index contributed by atoms with van der Waals surface area (Å²) in [5.74, 6) is -2.02. The predicted molar refractivity (Wildman–Crippen MR) is 90.0 cm³/mol. The summed E-state index contributed by atoms with van der Waals surface area (Å²) < 4.78 is 24.8. The Balaban J connectivity index is 2.27. The van der Waals surface area contributed by atoms with Crippen molar-refractivity contribution in [3.8, 4) is 0 Å². The van der Waals surface area contributed by atoms with Crippen LogP contribution in [0.25, 0.3) is 10.1 Å². The van der Waals surface area contributed by atoms with Crippen LogP contribution in [0.3, 0.4) is 0 Å². The monoisotopic (exact) mass is 368 g/mol. The average molecular weight is 368 g/mol. The molecule has 0 aliphatic rings. The highest BCUT2D eigenvalue weighted by atomic mass is 32.1. The lowest BCUT2D eigenvalue weighted by Crippen LogP contribution is -2.43. The molecule has 0 saturated carbocycles. The topological polar surface area (TPSA) is 93.7 Å². The molecular formula is C16H17FN2O5S. The number of imide groups is 1. The van der Waals surface area contributed by atoms with Gasteiger partial charge in [-0.05, 0) is 19.1 Å². The fourth-order valence-electron chi connectivity index (χ4n) is 2.16. The van der Waals surface area contributed by atoms with Crippen LogP contribution in [0.1, 0.15) is 22.2 Å². The van der Waals surface area contributed by atoms with E-state index in [2.05, 4.69) is 5.32 Å². The zero-order chi connectivity index (χ0) is 18.6. The predicted octanol–water partition coefficient (Wildman–Crippen LogP) is 2.19. The van der Waals surface area contributed by atoms with E-state index < -0.39 is 29.8 Å². The highest BCUT2D eigenvalue weighted by Gasteiger charge is 2.26. The molecule has 0 bridgehead atoms. The number of halogens is 1. The van der Waals surface area contributed by atoms with Crippen molar-refractivity contribution in [1.82, 2.24) is 10.6 Å². The molecule has 2 N–H and O–H groups in total. The normalized spacial score (nSPS) is 11.8. The lowest BCUT2D eigenvalue weighted by atomic mass is 10.1. The van der Waals surface area contributed by atoms with Crippen molar-refractivity contribution in [2.75, 3.05) is 14.2 Å². The Hall–Kier alpha value is -2.52. The first-order chi connectivity index (χ1) is 11.9. The van der Waals surface area contributed by atoms with Gasteiger partial charge in [0.05, 0.1) is 6.61 Å². The van der Waals surface area contributed by atoms with Crippen molar-refractivity contribution in [3.63, 3.8) is 0 Å². The molecule has 3 amide bonds. The summed E-state index contributed by atoms with van der Waals surface area (Å²) in [6, 6.07) is 3.81. The number of carbonyl (C=O) groups is 3. The van der Waals surface area contributed by atoms with Crippen molar-refractivity contribution in [1.29, 1.82) is 0 Å². The molecule has 0 aliphatic carbocycles. The Bertz CT molecular complexity index is 820. The molecule has 1 heterocycles. The van der Waals surface area contributed by atoms with Gasteiger partial charge in [-0.15, -0.1) is 11.3 Å². The first kappa shape index (κ1) is 18.8. The van der Waals surface area contributed by atoms with E-state index in [4.69, 9.17) is 9.47 Å². The van der Waals surface area contributed by atoms with Crippen LogP contribution in [0, 0.1) is 5.82 Å². The summed E-state index contributed by atoms with van der Waals surface area (Å²) >= 11 is 1.05. The van der Waals surface area contributed by atoms with E-state index in [1.165, 1.54) is 27.1 Å². The minimum atomic E-state index is -1.20. The largest absolute Gasteiger partial charge is 0.448 e. The SMILES string of the molecule is CNC(=O)NC(=O)[C@@H](C)OC(=O)c1sc2cccc(F)c2c1COC. The smallest absolute Gasteiger partial charge is 0.349 e. The molecule has 7 nitrogen and oxygen atoms in total. The van der Waals surface area contributed by atoms with Gasteiger partial charge in [-0.1, -0.05) is 6.07 Å². The van der Waals surface area contributed by atoms with Gasteiger partial charge >= 0.3 is 12.0 Å². The lowest BCUT2D eigenvalue weighted by molar-refractivity contribution is -0.127. The maximum atomic E-state index is 14.1. The van der Waals surface area contributed by atoms with E-state index in [0.29, 0.717) is 15.6 Å². The van der Waals surface area contributed by atoms with Crippen LogP contribution < -0.4 is 10.6 Å². The molecule has 2 aromatic rings. The molecular weight excluding hydrogens is 351 g/mol. The quantitative estimate of drug-likeness (QED) is 0.789. The molecule has 0 radical (unpaired) electrons. The minimum Gasteiger partial charge on any atom is -0.448 e. The summed E-state index contributed by atoms with van der Waals surface area (Å²) in [7, 11) is 2.78. The van der Waals surface area contributed by atoms with E-state index in [-0.39, 0.29) is 11.5 Å². The van der Waals surface area contributed by atoms with E-state index >= 15 is 0 Å². The second kappa shape index (κ2) is 8.04. The maximum absolute atomic E-state index is 14.1. The molecule has 0 fully saturated rings. The van der Waals surface area contributed by atoms with Gasteiger partial charge in [0.25, 0.3) is 5.91 Å². The Morgan fingerprint density at radius 2 is 2.04 bits per heavy atom. The Labute approximate surface area is 147 Å². The number of fused-ring (bicyclic) bond motifs is 1. The van der Waals surface area contributed by atoms with Crippen LogP contribution in [0.2, 0.25) is 0 Å². The van der Waals surface area contributed by atoms with Crippen LogP contribution >= 0.6 is 11.3 Å². The van der Waals surface area contributed by atoms with Crippen LogP contribution in [0.4, 0.5) is 9.18 Å². The van der Waals surface area contributed by atoms with Crippen molar-refractivity contribution in [2.24, 2.45) is 0 Å². The van der Waals surface area contributed by atoms with Crippen LogP contribution in [-0.2, 0) is 20.9 Å². The van der Waals surface area contributed by atoms with Crippen LogP contribution in [-0.4, -0.2) is 38.2 Å². The summed E-state index contributed by atoms with van der Waals surface area (Å²) in [6.07, 6.45) is -1.20. The van der Waals surface area contributed by atoms with Gasteiger partial charge in [0, 0.05) is 29.8 Å². The number of methoxy groups -OCH3 is 1. The Morgan fingerprint density at radius 1 is 1.32 bits per heavy atom. The van der Waals surface area contributed by atoms with Gasteiger partial charge in [-0.3, -0.25) is 10.1 Å². The van der Waals surface area contributed by atoms with E-state index in [0.717, 1.165) is 11.3 Å². The molecule has 1 aromatic heterocycles. The molecule has 134 valence electrons. The zero-order valence-corrected chi connectivity index (χ0v) is 14.7. The number of carbonyl (C=O) groups excluding carboxylic acids is 3. The highest BCUT2D eigenvalue weighted by Crippen LogP contribution is 2.34. The van der Waals surface area contributed by atoms with Crippen molar-refractivity contribution < 1.29 is 28.2 Å². The Kier molecular flexibility index (Phi) is 6.05. The summed E-state index contributed by atoms with van der Waals surface area (Å²) in [4.78, 5) is 35.5. The molecule has 0 unspecified atom stereocenters. The number of thiophene rings is 1. The van der Waals surface area contributed by atoms with Gasteiger partial charge in [0.15, 0.2) is 6.10 Å². The number of hydrogen-bond acceptors (Lipinski definition) is 6. The average Bonchev–Trinajstić information content (AvgIpc) is 2.95. The molecule has 0 spiro atoms. The number of benzene rings is 1. The number of rotatable bonds is 5. The van der Waals surface area contributed by atoms with Gasteiger partial charge in [0.1, 0.15) is 10.7 Å². The van der Waals surface area contributed by atoms with Gasteiger partial charge < -0.3 is 14.8 Å². The van der Waals surface area contributed by atoms with Crippen LogP contribution in [0.5, 0.6) is 0 Å². The number of esters is 1. The molecule has 2 rings (SSSR count). The highest BCUT2D eigenvalue weighted by molar-refractivity contribution is 7.21. The third-order valence-electron chi connectivity index (χ3n) is 3.35. The fourth-order valence-corrected chi connectivity index (χ4v) is 3.26. The van der Waals surface area contributed by atoms with Gasteiger partial charge in [0.2, 0.25) is 0 Å². The summed E-state index contributed by atoms with van der Waals surface area (Å²) in [5.41, 5.74) is 0.365. The Morgan fingerprint density at radius 3 is 2.68 bits per heavy atom. The van der Waals surface area contributed by atoms with E-state index in [1.54, 1.807) is 12.1 Å². The third-order valence-corrected chi connectivity index (χ3v) is 4.53. The van der Waals surface area contributed by atoms with Crippen LogP contribution in [0.15, 0.2) is 18.2 Å². The summed E-state index contributed by atoms with van der Waals surface area (Å²) in [5, 5.41) is 4.53. The number of ether oxygens (including phenoxy) is 2. The second-order valence-electron chi connectivity index (χ2n) is 5.07. The molecule has 1 atom stereocenters. The molecule has 25 heavy (non-hydrogen) atoms. The lowest BCUT2D eigenvalue weighted by Gasteiger charge is -2.12. The zero-order valence-electron chi connectivity index (χ0n) is 13.8. The molecule has 0 saturated heterocycles. The fraction of sp³-hybridized carbons (Fsp3) is 0.312. The number of nitrogens with one attached hydrogen (secondary N) is 2. The minimum absolute atomic E-state index is 0.0180. The molecule has 1 aromatic carbocycles. The summed E-state index contributed by atoms with van der Waals surface area (Å²) in [6.45, 7) is 1.35. The van der Waals surface area contributed by atoms with Crippen molar-refractivity contribution in [2.45, 2.75) is 19.6 Å². The third kappa shape index (κ3) is 4.12. The molecule has 9 heteroatoms. The van der Waals surface area contributed by atoms with E-state index in [9.17, 15) is 18.8 Å². The van der Waals surface area contributed by atoms with Crippen molar-refractivity contribution in [3.05, 3.63) is 34.5 Å². The number of amides is 3. The van der Waals surface area contributed by atoms with Crippen molar-refractivity contribution >= 4 is 39.3 Å². The molecule has 0 aliphatic heterocycles. The standard InChI is InChI=1S/C16H17FN2O5S/c1-8(14(20)19-16(22)18-2)24-15(21)13-9(7-23-3)12-10(17)5-4-6-11(12)25-13/h4-6,8H,7H2,1-3H3,(H2,18,19,20,22)/t8-/m1/s1. The number of hydrogen-bond donors (Lipinski definition) is 2. The maximum Gasteiger partial charge on any atom is 0.349 e. The first-order valence-corrected chi connectivity index (χ1v) is 8.13. The second-order valence-corrected chi connectivity index (χ2v) is 6.12. The van der Waals surface area contributed by atoms with E-state index in [1.807, 2.05) is 5.32 Å². The van der Waals surface area contributed by atoms with Gasteiger partial charge in [-0.25, -0.2) is 14.0 Å².